The molecule has 1 unspecified atom stereocenters. The largest absolute Gasteiger partial charge is 0.497 e. The first-order valence-electron chi connectivity index (χ1n) is 7.93. The van der Waals surface area contributed by atoms with Gasteiger partial charge in [0.25, 0.3) is 5.91 Å². The maximum Gasteiger partial charge on any atom is 0.255 e. The van der Waals surface area contributed by atoms with Gasteiger partial charge in [-0.2, -0.15) is 0 Å². The maximum absolute atomic E-state index is 13.0. The first kappa shape index (κ1) is 16.7. The number of hydrogen-bond donors (Lipinski definition) is 0. The van der Waals surface area contributed by atoms with Crippen molar-refractivity contribution in [1.82, 2.24) is 4.90 Å². The number of likely N-dealkylation sites (tertiary alicyclic amines) is 1. The van der Waals surface area contributed by atoms with E-state index in [1.807, 2.05) is 35.2 Å². The van der Waals surface area contributed by atoms with Crippen LogP contribution in [0.2, 0.25) is 5.02 Å². The van der Waals surface area contributed by atoms with Gasteiger partial charge in [-0.15, -0.1) is 0 Å². The van der Waals surface area contributed by atoms with E-state index in [4.69, 9.17) is 21.1 Å². The van der Waals surface area contributed by atoms with E-state index in [9.17, 15) is 4.79 Å². The van der Waals surface area contributed by atoms with Crippen molar-refractivity contribution < 1.29 is 14.3 Å². The lowest BCUT2D eigenvalue weighted by atomic mass is 10.0. The molecule has 0 N–H and O–H groups in total. The highest BCUT2D eigenvalue weighted by Crippen LogP contribution is 2.39. The van der Waals surface area contributed by atoms with Crippen LogP contribution in [-0.2, 0) is 0 Å². The standard InChI is InChI=1S/C19H20ClNO3/c1-23-13-9-10-15(18(12-13)24-2)17-8-5-11-21(17)19(22)14-6-3-4-7-16(14)20/h3-4,6-7,9-10,12,17H,5,8,11H2,1-2H3. The van der Waals surface area contributed by atoms with Crippen molar-refractivity contribution >= 4 is 17.5 Å². The highest BCUT2D eigenvalue weighted by molar-refractivity contribution is 6.33. The molecule has 1 saturated heterocycles. The van der Waals surface area contributed by atoms with E-state index < -0.39 is 0 Å². The van der Waals surface area contributed by atoms with E-state index >= 15 is 0 Å². The molecule has 1 heterocycles. The number of carbonyl (C=O) groups is 1. The average Bonchev–Trinajstić information content (AvgIpc) is 3.10. The van der Waals surface area contributed by atoms with Crippen LogP contribution in [0.15, 0.2) is 42.5 Å². The first-order valence-corrected chi connectivity index (χ1v) is 8.31. The molecule has 126 valence electrons. The van der Waals surface area contributed by atoms with Crippen LogP contribution in [-0.4, -0.2) is 31.6 Å². The van der Waals surface area contributed by atoms with Crippen molar-refractivity contribution in [2.75, 3.05) is 20.8 Å². The summed E-state index contributed by atoms with van der Waals surface area (Å²) in [7, 11) is 3.25. The molecule has 1 amide bonds. The average molecular weight is 346 g/mol. The molecule has 2 aromatic rings. The summed E-state index contributed by atoms with van der Waals surface area (Å²) in [5.74, 6) is 1.43. The summed E-state index contributed by atoms with van der Waals surface area (Å²) in [6, 6.07) is 12.9. The highest BCUT2D eigenvalue weighted by atomic mass is 35.5. The normalized spacial score (nSPS) is 17.0. The summed E-state index contributed by atoms with van der Waals surface area (Å²) in [4.78, 5) is 14.8. The van der Waals surface area contributed by atoms with Crippen LogP contribution in [0.1, 0.15) is 34.8 Å². The fourth-order valence-electron chi connectivity index (χ4n) is 3.22. The molecule has 3 rings (SSSR count). The molecule has 1 atom stereocenters. The highest BCUT2D eigenvalue weighted by Gasteiger charge is 2.33. The van der Waals surface area contributed by atoms with Gasteiger partial charge in [0, 0.05) is 18.2 Å². The second-order valence-electron chi connectivity index (χ2n) is 5.74. The van der Waals surface area contributed by atoms with Crippen molar-refractivity contribution in [3.8, 4) is 11.5 Å². The molecule has 2 aromatic carbocycles. The zero-order chi connectivity index (χ0) is 17.1. The summed E-state index contributed by atoms with van der Waals surface area (Å²) < 4.78 is 10.8. The van der Waals surface area contributed by atoms with Crippen molar-refractivity contribution in [2.45, 2.75) is 18.9 Å². The van der Waals surface area contributed by atoms with Crippen LogP contribution in [0.25, 0.3) is 0 Å². The van der Waals surface area contributed by atoms with Gasteiger partial charge in [0.05, 0.1) is 30.8 Å². The van der Waals surface area contributed by atoms with E-state index in [0.717, 1.165) is 29.9 Å². The molecule has 0 saturated carbocycles. The third-order valence-electron chi connectivity index (χ3n) is 4.42. The summed E-state index contributed by atoms with van der Waals surface area (Å²) in [5.41, 5.74) is 1.54. The van der Waals surface area contributed by atoms with Gasteiger partial charge in [-0.25, -0.2) is 0 Å². The van der Waals surface area contributed by atoms with Crippen molar-refractivity contribution in [3.05, 3.63) is 58.6 Å². The topological polar surface area (TPSA) is 38.8 Å². The zero-order valence-electron chi connectivity index (χ0n) is 13.8. The Morgan fingerprint density at radius 1 is 1.17 bits per heavy atom. The maximum atomic E-state index is 13.0. The summed E-state index contributed by atoms with van der Waals surface area (Å²) >= 11 is 6.20. The molecule has 5 heteroatoms. The number of hydrogen-bond acceptors (Lipinski definition) is 3. The third-order valence-corrected chi connectivity index (χ3v) is 4.75. The molecule has 0 aromatic heterocycles. The Labute approximate surface area is 146 Å². The molecule has 24 heavy (non-hydrogen) atoms. The number of halogens is 1. The van der Waals surface area contributed by atoms with Gasteiger partial charge in [0.2, 0.25) is 0 Å². The number of ether oxygens (including phenoxy) is 2. The van der Waals surface area contributed by atoms with Gasteiger partial charge in [-0.05, 0) is 37.1 Å². The third kappa shape index (κ3) is 3.06. The zero-order valence-corrected chi connectivity index (χ0v) is 14.5. The van der Waals surface area contributed by atoms with Crippen LogP contribution in [0.3, 0.4) is 0 Å². The molecular weight excluding hydrogens is 326 g/mol. The Morgan fingerprint density at radius 3 is 2.67 bits per heavy atom. The molecule has 1 aliphatic rings. The Bertz CT molecular complexity index is 747. The lowest BCUT2D eigenvalue weighted by Gasteiger charge is -2.27. The Kier molecular flexibility index (Phi) is 4.95. The number of amides is 1. The lowest BCUT2D eigenvalue weighted by Crippen LogP contribution is -2.31. The number of rotatable bonds is 4. The Balaban J connectivity index is 1.94. The molecule has 4 nitrogen and oxygen atoms in total. The number of methoxy groups -OCH3 is 2. The van der Waals surface area contributed by atoms with Crippen molar-refractivity contribution in [1.29, 1.82) is 0 Å². The van der Waals surface area contributed by atoms with Crippen LogP contribution >= 0.6 is 11.6 Å². The molecule has 1 fully saturated rings. The van der Waals surface area contributed by atoms with E-state index in [1.54, 1.807) is 26.4 Å². The molecule has 0 spiro atoms. The smallest absolute Gasteiger partial charge is 0.255 e. The van der Waals surface area contributed by atoms with E-state index in [2.05, 4.69) is 0 Å². The predicted molar refractivity (Wildman–Crippen MR) is 94.0 cm³/mol. The SMILES string of the molecule is COc1ccc(C2CCCN2C(=O)c2ccccc2Cl)c(OC)c1. The van der Waals surface area contributed by atoms with Crippen LogP contribution in [0, 0.1) is 0 Å². The second-order valence-corrected chi connectivity index (χ2v) is 6.15. The van der Waals surface area contributed by atoms with Gasteiger partial charge < -0.3 is 14.4 Å². The van der Waals surface area contributed by atoms with Crippen molar-refractivity contribution in [3.63, 3.8) is 0 Å². The summed E-state index contributed by atoms with van der Waals surface area (Å²) in [6.45, 7) is 0.712. The second kappa shape index (κ2) is 7.14. The monoisotopic (exact) mass is 345 g/mol. The molecule has 1 aliphatic heterocycles. The minimum absolute atomic E-state index is 0.0189. The quantitative estimate of drug-likeness (QED) is 0.827. The first-order chi connectivity index (χ1) is 11.7. The van der Waals surface area contributed by atoms with Crippen LogP contribution in [0.4, 0.5) is 0 Å². The minimum atomic E-state index is -0.0408. The summed E-state index contributed by atoms with van der Waals surface area (Å²) in [6.07, 6.45) is 1.86. The fraction of sp³-hybridized carbons (Fsp3) is 0.316. The molecular formula is C19H20ClNO3. The van der Waals surface area contributed by atoms with Gasteiger partial charge >= 0.3 is 0 Å². The number of benzene rings is 2. The Morgan fingerprint density at radius 2 is 1.96 bits per heavy atom. The Hall–Kier alpha value is -2.20. The van der Waals surface area contributed by atoms with Gasteiger partial charge in [-0.3, -0.25) is 4.79 Å². The van der Waals surface area contributed by atoms with Crippen molar-refractivity contribution in [2.24, 2.45) is 0 Å². The van der Waals surface area contributed by atoms with Gasteiger partial charge in [0.1, 0.15) is 11.5 Å². The number of carbonyl (C=O) groups excluding carboxylic acids is 1. The van der Waals surface area contributed by atoms with Crippen LogP contribution in [0.5, 0.6) is 11.5 Å². The van der Waals surface area contributed by atoms with E-state index in [1.165, 1.54) is 0 Å². The molecule has 0 aliphatic carbocycles. The molecule has 0 radical (unpaired) electrons. The lowest BCUT2D eigenvalue weighted by molar-refractivity contribution is 0.0734. The van der Waals surface area contributed by atoms with Crippen LogP contribution < -0.4 is 9.47 Å². The number of nitrogens with zero attached hydrogens (tertiary/aromatic N) is 1. The van der Waals surface area contributed by atoms with Gasteiger partial charge in [0.15, 0.2) is 0 Å². The molecule has 0 bridgehead atoms. The summed E-state index contributed by atoms with van der Waals surface area (Å²) in [5, 5.41) is 0.481. The van der Waals surface area contributed by atoms with E-state index in [-0.39, 0.29) is 11.9 Å². The van der Waals surface area contributed by atoms with Gasteiger partial charge in [-0.1, -0.05) is 23.7 Å². The predicted octanol–water partition coefficient (Wildman–Crippen LogP) is 4.33. The fourth-order valence-corrected chi connectivity index (χ4v) is 3.43. The minimum Gasteiger partial charge on any atom is -0.497 e. The van der Waals surface area contributed by atoms with E-state index in [0.29, 0.717) is 17.1 Å².